The monoisotopic (exact) mass is 324 g/mol. The Morgan fingerprint density at radius 3 is 3.05 bits per heavy atom. The van der Waals surface area contributed by atoms with E-state index >= 15 is 0 Å². The Morgan fingerprint density at radius 1 is 1.45 bits per heavy atom. The lowest BCUT2D eigenvalue weighted by Crippen LogP contribution is -2.37. The van der Waals surface area contributed by atoms with Gasteiger partial charge < -0.3 is 15.3 Å². The minimum absolute atomic E-state index is 0.0288. The molecule has 2 heterocycles. The van der Waals surface area contributed by atoms with Crippen LogP contribution in [-0.2, 0) is 22.6 Å². The molecule has 1 aliphatic heterocycles. The fraction of sp³-hybridized carbons (Fsp3) is 0.625. The zero-order valence-corrected chi connectivity index (χ0v) is 13.8. The second-order valence-corrected chi connectivity index (χ2v) is 6.68. The van der Waals surface area contributed by atoms with E-state index in [2.05, 4.69) is 16.8 Å². The van der Waals surface area contributed by atoms with E-state index in [1.807, 2.05) is 11.8 Å². The summed E-state index contributed by atoms with van der Waals surface area (Å²) in [5.74, 6) is -0.141. The zero-order chi connectivity index (χ0) is 15.9. The number of nitrogens with zero attached hydrogens (tertiary/aromatic N) is 1. The number of nitrogens with one attached hydrogen (secondary N) is 1. The van der Waals surface area contributed by atoms with Crippen LogP contribution in [0.4, 0.5) is 0 Å². The number of hydrogen-bond acceptors (Lipinski definition) is 4. The summed E-state index contributed by atoms with van der Waals surface area (Å²) in [4.78, 5) is 27.1. The van der Waals surface area contributed by atoms with Crippen molar-refractivity contribution >= 4 is 23.2 Å². The maximum Gasteiger partial charge on any atom is 0.223 e. The van der Waals surface area contributed by atoms with Crippen molar-refractivity contribution in [3.63, 3.8) is 0 Å². The first-order chi connectivity index (χ1) is 10.6. The maximum atomic E-state index is 12.2. The summed E-state index contributed by atoms with van der Waals surface area (Å²) in [7, 11) is 0. The Labute approximate surface area is 135 Å². The standard InChI is InChI=1S/C16H24N2O3S/c1-2-3-13(19)10-17-15(20)4-5-16(21)18-8-6-14-12(11-18)7-9-22-14/h7,9,13,19H,2-6,8,10-11H2,1H3,(H,17,20). The average Bonchev–Trinajstić information content (AvgIpc) is 2.98. The zero-order valence-electron chi connectivity index (χ0n) is 13.0. The van der Waals surface area contributed by atoms with Gasteiger partial charge in [-0.15, -0.1) is 11.3 Å². The van der Waals surface area contributed by atoms with E-state index < -0.39 is 6.10 Å². The van der Waals surface area contributed by atoms with Crippen LogP contribution >= 0.6 is 11.3 Å². The smallest absolute Gasteiger partial charge is 0.223 e. The van der Waals surface area contributed by atoms with Gasteiger partial charge in [0.15, 0.2) is 0 Å². The van der Waals surface area contributed by atoms with Crippen molar-refractivity contribution in [1.29, 1.82) is 0 Å². The highest BCUT2D eigenvalue weighted by Gasteiger charge is 2.21. The lowest BCUT2D eigenvalue weighted by Gasteiger charge is -2.27. The van der Waals surface area contributed by atoms with E-state index in [1.54, 1.807) is 11.3 Å². The molecular formula is C16H24N2O3S. The predicted octanol–water partition coefficient (Wildman–Crippen LogP) is 1.69. The highest BCUT2D eigenvalue weighted by atomic mass is 32.1. The topological polar surface area (TPSA) is 69.6 Å². The summed E-state index contributed by atoms with van der Waals surface area (Å²) in [6.45, 7) is 3.65. The first-order valence-corrected chi connectivity index (χ1v) is 8.76. The number of aliphatic hydroxyl groups is 1. The highest BCUT2D eigenvalue weighted by Crippen LogP contribution is 2.24. The van der Waals surface area contributed by atoms with Crippen molar-refractivity contribution in [2.45, 2.75) is 51.7 Å². The van der Waals surface area contributed by atoms with Crippen LogP contribution < -0.4 is 5.32 Å². The molecule has 0 saturated heterocycles. The number of carbonyl (C=O) groups is 2. The number of aliphatic hydroxyl groups excluding tert-OH is 1. The number of carbonyl (C=O) groups excluding carboxylic acids is 2. The fourth-order valence-corrected chi connectivity index (χ4v) is 3.48. The molecule has 1 aromatic rings. The van der Waals surface area contributed by atoms with E-state index in [0.717, 1.165) is 19.4 Å². The number of hydrogen-bond donors (Lipinski definition) is 2. The lowest BCUT2D eigenvalue weighted by molar-refractivity contribution is -0.134. The third-order valence-corrected chi connectivity index (χ3v) is 4.91. The second kappa shape index (κ2) is 8.29. The quantitative estimate of drug-likeness (QED) is 0.802. The van der Waals surface area contributed by atoms with Gasteiger partial charge in [0.05, 0.1) is 6.10 Å². The molecule has 0 aromatic carbocycles. The first kappa shape index (κ1) is 17.0. The third kappa shape index (κ3) is 4.81. The van der Waals surface area contributed by atoms with Gasteiger partial charge in [-0.05, 0) is 29.9 Å². The second-order valence-electron chi connectivity index (χ2n) is 5.68. The molecule has 122 valence electrons. The molecule has 5 nitrogen and oxygen atoms in total. The Morgan fingerprint density at radius 2 is 2.27 bits per heavy atom. The van der Waals surface area contributed by atoms with E-state index in [-0.39, 0.29) is 31.2 Å². The first-order valence-electron chi connectivity index (χ1n) is 7.88. The molecule has 0 spiro atoms. The van der Waals surface area contributed by atoms with Crippen molar-refractivity contribution in [3.8, 4) is 0 Å². The Balaban J connectivity index is 1.68. The van der Waals surface area contributed by atoms with Gasteiger partial charge >= 0.3 is 0 Å². The third-order valence-electron chi connectivity index (χ3n) is 3.88. The number of amides is 2. The van der Waals surface area contributed by atoms with Gasteiger partial charge in [-0.3, -0.25) is 9.59 Å². The number of thiophene rings is 1. The molecule has 0 saturated carbocycles. The molecule has 2 amide bonds. The summed E-state index contributed by atoms with van der Waals surface area (Å²) in [6.07, 6.45) is 2.39. The van der Waals surface area contributed by atoms with Crippen LogP contribution in [0, 0.1) is 0 Å². The summed E-state index contributed by atoms with van der Waals surface area (Å²) in [5.41, 5.74) is 1.23. The molecule has 2 N–H and O–H groups in total. The molecule has 0 aliphatic carbocycles. The largest absolute Gasteiger partial charge is 0.391 e. The molecule has 1 atom stereocenters. The minimum Gasteiger partial charge on any atom is -0.391 e. The van der Waals surface area contributed by atoms with Gasteiger partial charge in [0.25, 0.3) is 0 Å². The number of fused-ring (bicyclic) bond motifs is 1. The molecule has 1 aliphatic rings. The normalized spacial score (nSPS) is 15.3. The molecule has 22 heavy (non-hydrogen) atoms. The minimum atomic E-state index is -0.497. The fourth-order valence-electron chi connectivity index (χ4n) is 2.60. The van der Waals surface area contributed by atoms with Crippen molar-refractivity contribution in [2.75, 3.05) is 13.1 Å². The van der Waals surface area contributed by atoms with Crippen LogP contribution in [0.3, 0.4) is 0 Å². The Kier molecular flexibility index (Phi) is 6.39. The van der Waals surface area contributed by atoms with Crippen molar-refractivity contribution < 1.29 is 14.7 Å². The Bertz CT molecular complexity index is 515. The van der Waals surface area contributed by atoms with Crippen LogP contribution in [-0.4, -0.2) is 41.0 Å². The van der Waals surface area contributed by atoms with Crippen LogP contribution in [0.1, 0.15) is 43.0 Å². The van der Waals surface area contributed by atoms with Gasteiger partial charge in [-0.25, -0.2) is 0 Å². The van der Waals surface area contributed by atoms with Gasteiger partial charge in [-0.1, -0.05) is 13.3 Å². The molecular weight excluding hydrogens is 300 g/mol. The summed E-state index contributed by atoms with van der Waals surface area (Å²) in [6, 6.07) is 2.07. The molecule has 0 bridgehead atoms. The van der Waals surface area contributed by atoms with Gasteiger partial charge in [-0.2, -0.15) is 0 Å². The van der Waals surface area contributed by atoms with Gasteiger partial charge in [0, 0.05) is 37.4 Å². The summed E-state index contributed by atoms with van der Waals surface area (Å²) in [5, 5.41) is 14.3. The van der Waals surface area contributed by atoms with Crippen LogP contribution in [0.5, 0.6) is 0 Å². The van der Waals surface area contributed by atoms with Crippen LogP contribution in [0.15, 0.2) is 11.4 Å². The van der Waals surface area contributed by atoms with Gasteiger partial charge in [0.1, 0.15) is 0 Å². The van der Waals surface area contributed by atoms with E-state index in [4.69, 9.17) is 0 Å². The maximum absolute atomic E-state index is 12.2. The van der Waals surface area contributed by atoms with E-state index in [1.165, 1.54) is 10.4 Å². The molecule has 0 fully saturated rings. The van der Waals surface area contributed by atoms with Gasteiger partial charge in [0.2, 0.25) is 11.8 Å². The number of rotatable bonds is 7. The molecule has 1 unspecified atom stereocenters. The molecule has 0 radical (unpaired) electrons. The van der Waals surface area contributed by atoms with E-state index in [9.17, 15) is 14.7 Å². The molecule has 2 rings (SSSR count). The van der Waals surface area contributed by atoms with Crippen LogP contribution in [0.2, 0.25) is 0 Å². The van der Waals surface area contributed by atoms with Crippen molar-refractivity contribution in [3.05, 3.63) is 21.9 Å². The SMILES string of the molecule is CCCC(O)CNC(=O)CCC(=O)N1CCc2sccc2C1. The van der Waals surface area contributed by atoms with E-state index in [0.29, 0.717) is 13.0 Å². The summed E-state index contributed by atoms with van der Waals surface area (Å²) < 4.78 is 0. The molecule has 1 aromatic heterocycles. The average molecular weight is 324 g/mol. The summed E-state index contributed by atoms with van der Waals surface area (Å²) >= 11 is 1.74. The molecule has 6 heteroatoms. The van der Waals surface area contributed by atoms with Crippen LogP contribution in [0.25, 0.3) is 0 Å². The van der Waals surface area contributed by atoms with Crippen molar-refractivity contribution in [1.82, 2.24) is 10.2 Å². The Hall–Kier alpha value is -1.40. The lowest BCUT2D eigenvalue weighted by atomic mass is 10.1. The highest BCUT2D eigenvalue weighted by molar-refractivity contribution is 7.10. The van der Waals surface area contributed by atoms with Crippen molar-refractivity contribution in [2.24, 2.45) is 0 Å². The predicted molar refractivity (Wildman–Crippen MR) is 86.6 cm³/mol.